The predicted octanol–water partition coefficient (Wildman–Crippen LogP) is 5.25. The van der Waals surface area contributed by atoms with Crippen LogP contribution in [0.25, 0.3) is 0 Å². The van der Waals surface area contributed by atoms with E-state index in [2.05, 4.69) is 71.9 Å². The molecule has 0 bridgehead atoms. The number of benzene rings is 2. The first kappa shape index (κ1) is 16.7. The Kier molecular flexibility index (Phi) is 4.72. The van der Waals surface area contributed by atoms with E-state index in [0.717, 1.165) is 12.2 Å². The first-order chi connectivity index (χ1) is 13.3. The van der Waals surface area contributed by atoms with Crippen molar-refractivity contribution in [3.8, 4) is 6.07 Å². The van der Waals surface area contributed by atoms with E-state index >= 15 is 0 Å². The average Bonchev–Trinajstić information content (AvgIpc) is 2.75. The molecule has 0 saturated heterocycles. The van der Waals surface area contributed by atoms with E-state index in [1.165, 1.54) is 16.7 Å². The van der Waals surface area contributed by atoms with Gasteiger partial charge in [0, 0.05) is 37.0 Å². The second-order valence-corrected chi connectivity index (χ2v) is 6.40. The molecule has 0 fully saturated rings. The Morgan fingerprint density at radius 3 is 1.89 bits per heavy atom. The van der Waals surface area contributed by atoms with Gasteiger partial charge in [0.1, 0.15) is 0 Å². The molecule has 0 radical (unpaired) electrons. The second-order valence-electron chi connectivity index (χ2n) is 6.40. The van der Waals surface area contributed by atoms with Gasteiger partial charge in [0.25, 0.3) is 0 Å². The molecule has 0 aromatic heterocycles. The van der Waals surface area contributed by atoms with Crippen LogP contribution in [0.15, 0.2) is 115 Å². The van der Waals surface area contributed by atoms with Crippen molar-refractivity contribution in [2.75, 3.05) is 4.90 Å². The molecular formula is C24H19N3. The lowest BCUT2D eigenvalue weighted by Crippen LogP contribution is -2.12. The normalized spacial score (nSPS) is 15.4. The quantitative estimate of drug-likeness (QED) is 0.758. The third kappa shape index (κ3) is 3.91. The zero-order valence-corrected chi connectivity index (χ0v) is 14.9. The molecule has 27 heavy (non-hydrogen) atoms. The maximum atomic E-state index is 8.91. The van der Waals surface area contributed by atoms with Gasteiger partial charge in [-0.1, -0.05) is 30.3 Å². The molecule has 0 N–H and O–H groups in total. The van der Waals surface area contributed by atoms with Crippen molar-refractivity contribution in [2.45, 2.75) is 6.54 Å². The zero-order chi connectivity index (χ0) is 18.5. The summed E-state index contributed by atoms with van der Waals surface area (Å²) in [6, 6.07) is 20.2. The lowest BCUT2D eigenvalue weighted by atomic mass is 10.0. The number of hydrogen-bond donors (Lipinski definition) is 0. The van der Waals surface area contributed by atoms with Crippen LogP contribution in [0.4, 0.5) is 5.69 Å². The van der Waals surface area contributed by atoms with E-state index in [9.17, 15) is 0 Å². The number of allylic oxidation sites excluding steroid dienone is 6. The second kappa shape index (κ2) is 7.63. The molecule has 130 valence electrons. The predicted molar refractivity (Wildman–Crippen MR) is 109 cm³/mol. The van der Waals surface area contributed by atoms with Gasteiger partial charge in [0.15, 0.2) is 0 Å². The molecule has 2 heterocycles. The van der Waals surface area contributed by atoms with Crippen LogP contribution in [-0.4, -0.2) is 4.90 Å². The maximum absolute atomic E-state index is 8.91. The summed E-state index contributed by atoms with van der Waals surface area (Å²) in [4.78, 5) is 4.22. The molecule has 3 heteroatoms. The summed E-state index contributed by atoms with van der Waals surface area (Å²) in [5.41, 5.74) is 5.36. The van der Waals surface area contributed by atoms with E-state index in [0.29, 0.717) is 5.56 Å². The molecule has 2 aromatic rings. The lowest BCUT2D eigenvalue weighted by molar-refractivity contribution is 0.497. The molecule has 0 atom stereocenters. The number of rotatable bonds is 3. The summed E-state index contributed by atoms with van der Waals surface area (Å²) in [7, 11) is 0. The lowest BCUT2D eigenvalue weighted by Gasteiger charge is -2.22. The largest absolute Gasteiger partial charge is 0.350 e. The van der Waals surface area contributed by atoms with Crippen molar-refractivity contribution < 1.29 is 0 Å². The molecule has 0 saturated carbocycles. The minimum atomic E-state index is 0.670. The van der Waals surface area contributed by atoms with Gasteiger partial charge in [-0.3, -0.25) is 0 Å². The van der Waals surface area contributed by atoms with Crippen LogP contribution in [0.2, 0.25) is 0 Å². The Hall–Kier alpha value is -3.77. The first-order valence-corrected chi connectivity index (χ1v) is 8.87. The van der Waals surface area contributed by atoms with Gasteiger partial charge in [-0.25, -0.2) is 0 Å². The molecule has 0 unspecified atom stereocenters. The highest BCUT2D eigenvalue weighted by molar-refractivity contribution is 5.60. The maximum Gasteiger partial charge on any atom is 0.0991 e. The van der Waals surface area contributed by atoms with E-state index in [1.807, 2.05) is 47.6 Å². The number of hydrogen-bond acceptors (Lipinski definition) is 3. The summed E-state index contributed by atoms with van der Waals surface area (Å²) >= 11 is 0. The van der Waals surface area contributed by atoms with Gasteiger partial charge in [0.05, 0.1) is 11.6 Å². The molecule has 2 aromatic carbocycles. The van der Waals surface area contributed by atoms with Gasteiger partial charge in [-0.2, -0.15) is 5.26 Å². The van der Waals surface area contributed by atoms with Crippen LogP contribution in [0.5, 0.6) is 0 Å². The molecule has 2 aliphatic rings. The van der Waals surface area contributed by atoms with Crippen LogP contribution in [0.3, 0.4) is 0 Å². The van der Waals surface area contributed by atoms with Crippen molar-refractivity contribution in [3.63, 3.8) is 0 Å². The van der Waals surface area contributed by atoms with E-state index in [4.69, 9.17) is 5.26 Å². The molecule has 0 amide bonds. The topological polar surface area (TPSA) is 30.3 Å². The summed E-state index contributed by atoms with van der Waals surface area (Å²) < 4.78 is 0. The van der Waals surface area contributed by atoms with Crippen LogP contribution in [0.1, 0.15) is 11.1 Å². The standard InChI is InChI=1S/C24H19N3/c25-18-20-6-8-24(9-7-20)27-16-12-23(13-17-27)22-10-14-26(15-11-22)19-21-4-2-1-3-5-21/h1-17H,19H2. The molecule has 2 aliphatic heterocycles. The van der Waals surface area contributed by atoms with Crippen LogP contribution < -0.4 is 4.90 Å². The van der Waals surface area contributed by atoms with Crippen molar-refractivity contribution >= 4 is 5.69 Å². The first-order valence-electron chi connectivity index (χ1n) is 8.87. The third-order valence-electron chi connectivity index (χ3n) is 4.56. The number of nitriles is 1. The monoisotopic (exact) mass is 349 g/mol. The minimum Gasteiger partial charge on any atom is -0.350 e. The van der Waals surface area contributed by atoms with Crippen LogP contribution >= 0.6 is 0 Å². The van der Waals surface area contributed by atoms with Crippen LogP contribution in [-0.2, 0) is 6.54 Å². The van der Waals surface area contributed by atoms with E-state index in [-0.39, 0.29) is 0 Å². The summed E-state index contributed by atoms with van der Waals surface area (Å²) in [5.74, 6) is 0. The Bertz CT molecular complexity index is 968. The van der Waals surface area contributed by atoms with Gasteiger partial charge < -0.3 is 9.80 Å². The fourth-order valence-corrected chi connectivity index (χ4v) is 3.05. The fraction of sp³-hybridized carbons (Fsp3) is 0.0417. The summed E-state index contributed by atoms with van der Waals surface area (Å²) in [5, 5.41) is 8.91. The molecule has 0 spiro atoms. The SMILES string of the molecule is N#Cc1ccc(N2C=CC(=C3C=CN(Cc4ccccc4)C=C3)C=C2)cc1. The van der Waals surface area contributed by atoms with Crippen LogP contribution in [0, 0.1) is 11.3 Å². The highest BCUT2D eigenvalue weighted by atomic mass is 15.1. The smallest absolute Gasteiger partial charge is 0.0991 e. The van der Waals surface area contributed by atoms with Gasteiger partial charge in [-0.05, 0) is 65.3 Å². The van der Waals surface area contributed by atoms with Gasteiger partial charge >= 0.3 is 0 Å². The molecule has 0 aliphatic carbocycles. The van der Waals surface area contributed by atoms with Gasteiger partial charge in [-0.15, -0.1) is 0 Å². The summed E-state index contributed by atoms with van der Waals surface area (Å²) in [6.07, 6.45) is 16.8. The van der Waals surface area contributed by atoms with Crippen molar-refractivity contribution in [2.24, 2.45) is 0 Å². The minimum absolute atomic E-state index is 0.670. The van der Waals surface area contributed by atoms with Crippen molar-refractivity contribution in [1.82, 2.24) is 4.90 Å². The highest BCUT2D eigenvalue weighted by Gasteiger charge is 2.08. The van der Waals surface area contributed by atoms with E-state index < -0.39 is 0 Å². The third-order valence-corrected chi connectivity index (χ3v) is 4.56. The number of nitrogens with zero attached hydrogens (tertiary/aromatic N) is 3. The van der Waals surface area contributed by atoms with Crippen molar-refractivity contribution in [1.29, 1.82) is 5.26 Å². The molecular weight excluding hydrogens is 330 g/mol. The molecule has 3 nitrogen and oxygen atoms in total. The van der Waals surface area contributed by atoms with E-state index in [1.54, 1.807) is 0 Å². The Labute approximate surface area is 159 Å². The highest BCUT2D eigenvalue weighted by Crippen LogP contribution is 2.24. The zero-order valence-electron chi connectivity index (χ0n) is 14.9. The fourth-order valence-electron chi connectivity index (χ4n) is 3.05. The number of anilines is 1. The Balaban J connectivity index is 1.43. The Morgan fingerprint density at radius 1 is 0.704 bits per heavy atom. The van der Waals surface area contributed by atoms with Gasteiger partial charge in [0.2, 0.25) is 0 Å². The molecule has 4 rings (SSSR count). The Morgan fingerprint density at radius 2 is 1.30 bits per heavy atom. The summed E-state index contributed by atoms with van der Waals surface area (Å²) in [6.45, 7) is 0.870. The average molecular weight is 349 g/mol. The van der Waals surface area contributed by atoms with Crippen molar-refractivity contribution in [3.05, 3.63) is 126 Å².